The Bertz CT molecular complexity index is 531. The summed E-state index contributed by atoms with van der Waals surface area (Å²) in [5.41, 5.74) is 1.23. The largest absolute Gasteiger partial charge is 0.485 e. The van der Waals surface area contributed by atoms with Crippen molar-refractivity contribution < 1.29 is 9.15 Å². The van der Waals surface area contributed by atoms with Crippen LogP contribution in [0.1, 0.15) is 43.8 Å². The van der Waals surface area contributed by atoms with Crippen molar-refractivity contribution in [1.82, 2.24) is 5.32 Å². The first kappa shape index (κ1) is 14.7. The van der Waals surface area contributed by atoms with Crippen molar-refractivity contribution in [2.45, 2.75) is 39.8 Å². The van der Waals surface area contributed by atoms with Gasteiger partial charge in [-0.05, 0) is 36.2 Å². The summed E-state index contributed by atoms with van der Waals surface area (Å²) in [7, 11) is 0. The van der Waals surface area contributed by atoms with Crippen molar-refractivity contribution in [1.29, 1.82) is 0 Å². The van der Waals surface area contributed by atoms with Crippen LogP contribution in [0.25, 0.3) is 0 Å². The summed E-state index contributed by atoms with van der Waals surface area (Å²) in [5, 5.41) is 3.24. The van der Waals surface area contributed by atoms with E-state index in [4.69, 9.17) is 9.15 Å². The summed E-state index contributed by atoms with van der Waals surface area (Å²) >= 11 is 0. The standard InChI is InChI=1S/C17H23NO2/c1-4-18-11-14-9-10-15(20-14)12-19-17-8-6-5-7-16(17)13(2)3/h5-10,13,18H,4,11-12H2,1-3H3. The minimum atomic E-state index is 0.451. The third kappa shape index (κ3) is 3.87. The topological polar surface area (TPSA) is 34.4 Å². The van der Waals surface area contributed by atoms with Crippen LogP contribution in [0.2, 0.25) is 0 Å². The fraction of sp³-hybridized carbons (Fsp3) is 0.412. The number of benzene rings is 1. The molecule has 20 heavy (non-hydrogen) atoms. The van der Waals surface area contributed by atoms with E-state index >= 15 is 0 Å². The van der Waals surface area contributed by atoms with Gasteiger partial charge in [-0.2, -0.15) is 0 Å². The summed E-state index contributed by atoms with van der Waals surface area (Å²) in [4.78, 5) is 0. The Morgan fingerprint density at radius 1 is 1.10 bits per heavy atom. The molecule has 0 aliphatic rings. The Balaban J connectivity index is 1.96. The van der Waals surface area contributed by atoms with E-state index in [9.17, 15) is 0 Å². The van der Waals surface area contributed by atoms with Gasteiger partial charge < -0.3 is 14.5 Å². The minimum absolute atomic E-state index is 0.451. The smallest absolute Gasteiger partial charge is 0.146 e. The Hall–Kier alpha value is -1.74. The van der Waals surface area contributed by atoms with E-state index in [0.717, 1.165) is 30.4 Å². The van der Waals surface area contributed by atoms with E-state index in [1.54, 1.807) is 0 Å². The van der Waals surface area contributed by atoms with E-state index < -0.39 is 0 Å². The second-order valence-corrected chi connectivity index (χ2v) is 5.13. The molecule has 0 aliphatic carbocycles. The Morgan fingerprint density at radius 2 is 1.85 bits per heavy atom. The number of furan rings is 1. The number of para-hydroxylation sites is 1. The Labute approximate surface area is 121 Å². The first-order valence-electron chi connectivity index (χ1n) is 7.20. The summed E-state index contributed by atoms with van der Waals surface area (Å²) in [6.07, 6.45) is 0. The number of rotatable bonds is 7. The predicted octanol–water partition coefficient (Wildman–Crippen LogP) is 4.09. The summed E-state index contributed by atoms with van der Waals surface area (Å²) in [5.74, 6) is 3.19. The maximum absolute atomic E-state index is 5.89. The molecule has 2 rings (SSSR count). The number of hydrogen-bond acceptors (Lipinski definition) is 3. The predicted molar refractivity (Wildman–Crippen MR) is 81.0 cm³/mol. The summed E-state index contributed by atoms with van der Waals surface area (Å²) in [6, 6.07) is 12.1. The van der Waals surface area contributed by atoms with Crippen LogP contribution in [0.4, 0.5) is 0 Å². The van der Waals surface area contributed by atoms with Crippen LogP contribution in [0.3, 0.4) is 0 Å². The van der Waals surface area contributed by atoms with E-state index in [1.807, 2.05) is 30.3 Å². The second-order valence-electron chi connectivity index (χ2n) is 5.13. The van der Waals surface area contributed by atoms with Crippen molar-refractivity contribution in [3.05, 3.63) is 53.5 Å². The van der Waals surface area contributed by atoms with Crippen molar-refractivity contribution in [2.75, 3.05) is 6.54 Å². The van der Waals surface area contributed by atoms with Gasteiger partial charge >= 0.3 is 0 Å². The average molecular weight is 273 g/mol. The van der Waals surface area contributed by atoms with Crippen LogP contribution in [0.5, 0.6) is 5.75 Å². The third-order valence-corrected chi connectivity index (χ3v) is 3.18. The zero-order valence-electron chi connectivity index (χ0n) is 12.5. The van der Waals surface area contributed by atoms with Gasteiger partial charge in [0.15, 0.2) is 0 Å². The summed E-state index contributed by atoms with van der Waals surface area (Å²) < 4.78 is 11.6. The van der Waals surface area contributed by atoms with Crippen molar-refractivity contribution >= 4 is 0 Å². The molecule has 1 N–H and O–H groups in total. The van der Waals surface area contributed by atoms with E-state index in [-0.39, 0.29) is 0 Å². The molecule has 0 fully saturated rings. The SMILES string of the molecule is CCNCc1ccc(COc2ccccc2C(C)C)o1. The van der Waals surface area contributed by atoms with Crippen molar-refractivity contribution in [2.24, 2.45) is 0 Å². The van der Waals surface area contributed by atoms with Crippen molar-refractivity contribution in [3.8, 4) is 5.75 Å². The molecule has 1 heterocycles. The quantitative estimate of drug-likeness (QED) is 0.825. The van der Waals surface area contributed by atoms with Crippen LogP contribution in [0.15, 0.2) is 40.8 Å². The molecule has 108 valence electrons. The van der Waals surface area contributed by atoms with Crippen LogP contribution < -0.4 is 10.1 Å². The first-order chi connectivity index (χ1) is 9.70. The number of hydrogen-bond donors (Lipinski definition) is 1. The maximum Gasteiger partial charge on any atom is 0.146 e. The van der Waals surface area contributed by atoms with Crippen LogP contribution in [-0.2, 0) is 13.2 Å². The highest BCUT2D eigenvalue weighted by Crippen LogP contribution is 2.26. The molecule has 3 heteroatoms. The van der Waals surface area contributed by atoms with E-state index in [0.29, 0.717) is 12.5 Å². The lowest BCUT2D eigenvalue weighted by atomic mass is 10.0. The van der Waals surface area contributed by atoms with E-state index in [2.05, 4.69) is 32.2 Å². The third-order valence-electron chi connectivity index (χ3n) is 3.18. The summed E-state index contributed by atoms with van der Waals surface area (Å²) in [6.45, 7) is 8.59. The average Bonchev–Trinajstić information content (AvgIpc) is 2.91. The fourth-order valence-corrected chi connectivity index (χ4v) is 2.08. The van der Waals surface area contributed by atoms with Gasteiger partial charge in [-0.25, -0.2) is 0 Å². The highest BCUT2D eigenvalue weighted by atomic mass is 16.5. The Morgan fingerprint density at radius 3 is 2.60 bits per heavy atom. The molecular weight excluding hydrogens is 250 g/mol. The lowest BCUT2D eigenvalue weighted by Gasteiger charge is -2.12. The highest BCUT2D eigenvalue weighted by Gasteiger charge is 2.08. The van der Waals surface area contributed by atoms with Gasteiger partial charge in [-0.1, -0.05) is 39.0 Å². The van der Waals surface area contributed by atoms with Gasteiger partial charge in [-0.15, -0.1) is 0 Å². The molecule has 3 nitrogen and oxygen atoms in total. The molecular formula is C17H23NO2. The van der Waals surface area contributed by atoms with Crippen LogP contribution in [-0.4, -0.2) is 6.54 Å². The molecule has 0 atom stereocenters. The lowest BCUT2D eigenvalue weighted by Crippen LogP contribution is -2.10. The van der Waals surface area contributed by atoms with Gasteiger partial charge in [0.05, 0.1) is 6.54 Å². The monoisotopic (exact) mass is 273 g/mol. The maximum atomic E-state index is 5.89. The van der Waals surface area contributed by atoms with Gasteiger partial charge in [0.25, 0.3) is 0 Å². The first-order valence-corrected chi connectivity index (χ1v) is 7.20. The van der Waals surface area contributed by atoms with E-state index in [1.165, 1.54) is 5.56 Å². The normalized spacial score (nSPS) is 11.0. The number of nitrogens with one attached hydrogen (secondary N) is 1. The lowest BCUT2D eigenvalue weighted by molar-refractivity contribution is 0.262. The minimum Gasteiger partial charge on any atom is -0.485 e. The van der Waals surface area contributed by atoms with Crippen molar-refractivity contribution in [3.63, 3.8) is 0 Å². The zero-order valence-corrected chi connectivity index (χ0v) is 12.5. The second kappa shape index (κ2) is 7.15. The zero-order chi connectivity index (χ0) is 14.4. The van der Waals surface area contributed by atoms with Crippen LogP contribution in [0, 0.1) is 0 Å². The molecule has 1 aromatic carbocycles. The molecule has 0 radical (unpaired) electrons. The molecule has 0 aliphatic heterocycles. The number of ether oxygens (including phenoxy) is 1. The van der Waals surface area contributed by atoms with Gasteiger partial charge in [-0.3, -0.25) is 0 Å². The molecule has 0 unspecified atom stereocenters. The molecule has 0 bridgehead atoms. The molecule has 2 aromatic rings. The Kier molecular flexibility index (Phi) is 5.24. The van der Waals surface area contributed by atoms with Gasteiger partial charge in [0.2, 0.25) is 0 Å². The molecule has 0 spiro atoms. The highest BCUT2D eigenvalue weighted by molar-refractivity contribution is 5.35. The van der Waals surface area contributed by atoms with Crippen LogP contribution >= 0.6 is 0 Å². The van der Waals surface area contributed by atoms with Gasteiger partial charge in [0.1, 0.15) is 23.9 Å². The molecule has 0 saturated heterocycles. The fourth-order valence-electron chi connectivity index (χ4n) is 2.08. The molecule has 0 amide bonds. The molecule has 0 saturated carbocycles. The molecule has 1 aromatic heterocycles. The van der Waals surface area contributed by atoms with Gasteiger partial charge in [0, 0.05) is 0 Å².